The molecule has 1 N–H and O–H groups in total. The predicted octanol–water partition coefficient (Wildman–Crippen LogP) is 3.92. The molecule has 1 saturated carbocycles. The number of nitrogens with one attached hydrogen (secondary N) is 1. The molecule has 0 heterocycles. The first-order chi connectivity index (χ1) is 12.1. The molecule has 5 heteroatoms. The van der Waals surface area contributed by atoms with Crippen molar-refractivity contribution in [3.05, 3.63) is 76.8 Å². The van der Waals surface area contributed by atoms with Crippen molar-refractivity contribution in [3.63, 3.8) is 0 Å². The minimum Gasteiger partial charge on any atom is -0.444 e. The summed E-state index contributed by atoms with van der Waals surface area (Å²) in [7, 11) is 0. The maximum atomic E-state index is 12.4. The maximum absolute atomic E-state index is 12.4. The molecule has 1 atom stereocenters. The molecule has 2 aromatic rings. The number of esters is 1. The zero-order valence-electron chi connectivity index (χ0n) is 13.5. The van der Waals surface area contributed by atoms with Gasteiger partial charge in [0.15, 0.2) is 0 Å². The first-order valence-corrected chi connectivity index (χ1v) is 8.50. The van der Waals surface area contributed by atoms with Gasteiger partial charge in [0.25, 0.3) is 5.91 Å². The van der Waals surface area contributed by atoms with Gasteiger partial charge in [0.1, 0.15) is 0 Å². The normalized spacial score (nSPS) is 14.9. The van der Waals surface area contributed by atoms with Crippen LogP contribution in [0, 0.1) is 0 Å². The summed E-state index contributed by atoms with van der Waals surface area (Å²) in [5.41, 5.74) is 1.35. The minimum atomic E-state index is -0.967. The van der Waals surface area contributed by atoms with Crippen molar-refractivity contribution in [1.82, 2.24) is 5.32 Å². The zero-order chi connectivity index (χ0) is 17.6. The number of hydrogen-bond acceptors (Lipinski definition) is 3. The Morgan fingerprint density at radius 3 is 2.44 bits per heavy atom. The van der Waals surface area contributed by atoms with Gasteiger partial charge >= 0.3 is 5.97 Å². The van der Waals surface area contributed by atoms with Crippen LogP contribution >= 0.6 is 11.6 Å². The Bertz CT molecular complexity index is 785. The number of ether oxygens (including phenoxy) is 1. The Kier molecular flexibility index (Phi) is 5.51. The molecular weight excluding hydrogens is 338 g/mol. The first-order valence-electron chi connectivity index (χ1n) is 8.12. The van der Waals surface area contributed by atoms with Crippen molar-refractivity contribution in [1.29, 1.82) is 0 Å². The summed E-state index contributed by atoms with van der Waals surface area (Å²) >= 11 is 6.06. The van der Waals surface area contributed by atoms with E-state index in [1.54, 1.807) is 42.5 Å². The Hall–Kier alpha value is -2.59. The average Bonchev–Trinajstić information content (AvgIpc) is 3.43. The number of rotatable bonds is 6. The van der Waals surface area contributed by atoms with E-state index in [9.17, 15) is 9.59 Å². The summed E-state index contributed by atoms with van der Waals surface area (Å²) in [6.45, 7) is 0. The van der Waals surface area contributed by atoms with Crippen LogP contribution in [0.5, 0.6) is 0 Å². The number of amides is 1. The highest BCUT2D eigenvalue weighted by Crippen LogP contribution is 2.23. The lowest BCUT2D eigenvalue weighted by Crippen LogP contribution is -2.33. The van der Waals surface area contributed by atoms with Gasteiger partial charge in [0, 0.05) is 22.7 Å². The third kappa shape index (κ3) is 4.94. The van der Waals surface area contributed by atoms with E-state index in [1.807, 2.05) is 18.2 Å². The van der Waals surface area contributed by atoms with Crippen molar-refractivity contribution in [2.75, 3.05) is 0 Å². The molecule has 2 aromatic carbocycles. The van der Waals surface area contributed by atoms with Crippen molar-refractivity contribution >= 4 is 29.6 Å². The fourth-order valence-corrected chi connectivity index (χ4v) is 2.53. The van der Waals surface area contributed by atoms with Crippen LogP contribution < -0.4 is 5.32 Å². The average molecular weight is 356 g/mol. The highest BCUT2D eigenvalue weighted by Gasteiger charge is 2.30. The summed E-state index contributed by atoms with van der Waals surface area (Å²) in [5, 5.41) is 3.42. The van der Waals surface area contributed by atoms with E-state index in [2.05, 4.69) is 5.32 Å². The van der Waals surface area contributed by atoms with Crippen LogP contribution in [0.15, 0.2) is 60.7 Å². The van der Waals surface area contributed by atoms with Gasteiger partial charge in [-0.2, -0.15) is 0 Å². The SMILES string of the molecule is O=C(/C=C/c1ccccc1Cl)O[C@H](C(=O)NC1CC1)c1ccccc1. The van der Waals surface area contributed by atoms with Crippen LogP contribution in [0.3, 0.4) is 0 Å². The van der Waals surface area contributed by atoms with Gasteiger partial charge in [0.2, 0.25) is 6.10 Å². The van der Waals surface area contributed by atoms with E-state index >= 15 is 0 Å². The highest BCUT2D eigenvalue weighted by atomic mass is 35.5. The van der Waals surface area contributed by atoms with Crippen LogP contribution in [-0.2, 0) is 14.3 Å². The van der Waals surface area contributed by atoms with Gasteiger partial charge in [-0.25, -0.2) is 4.79 Å². The van der Waals surface area contributed by atoms with Crippen molar-refractivity contribution in [2.45, 2.75) is 25.0 Å². The molecule has 1 amide bonds. The van der Waals surface area contributed by atoms with Crippen LogP contribution in [0.1, 0.15) is 30.1 Å². The Balaban J connectivity index is 1.71. The number of benzene rings is 2. The zero-order valence-corrected chi connectivity index (χ0v) is 14.3. The molecule has 1 aliphatic rings. The highest BCUT2D eigenvalue weighted by molar-refractivity contribution is 6.32. The molecule has 0 saturated heterocycles. The van der Waals surface area contributed by atoms with Crippen LogP contribution in [0.25, 0.3) is 6.08 Å². The van der Waals surface area contributed by atoms with Gasteiger partial charge in [-0.05, 0) is 30.5 Å². The predicted molar refractivity (Wildman–Crippen MR) is 96.9 cm³/mol. The molecule has 1 fully saturated rings. The van der Waals surface area contributed by atoms with Gasteiger partial charge in [-0.1, -0.05) is 60.1 Å². The van der Waals surface area contributed by atoms with E-state index in [1.165, 1.54) is 6.08 Å². The third-order valence-corrected chi connectivity index (χ3v) is 4.15. The second-order valence-corrected chi connectivity index (χ2v) is 6.27. The smallest absolute Gasteiger partial charge is 0.331 e. The number of hydrogen-bond donors (Lipinski definition) is 1. The van der Waals surface area contributed by atoms with Crippen molar-refractivity contribution in [3.8, 4) is 0 Å². The van der Waals surface area contributed by atoms with Crippen molar-refractivity contribution in [2.24, 2.45) is 0 Å². The second-order valence-electron chi connectivity index (χ2n) is 5.87. The first kappa shape index (κ1) is 17.2. The molecule has 0 radical (unpaired) electrons. The molecule has 0 spiro atoms. The molecule has 4 nitrogen and oxygen atoms in total. The molecule has 0 aliphatic heterocycles. The molecular formula is C20H18ClNO3. The lowest BCUT2D eigenvalue weighted by molar-refractivity contribution is -0.151. The molecule has 128 valence electrons. The molecule has 0 bridgehead atoms. The van der Waals surface area contributed by atoms with Crippen LogP contribution in [0.4, 0.5) is 0 Å². The van der Waals surface area contributed by atoms with E-state index in [4.69, 9.17) is 16.3 Å². The Labute approximate surface area is 151 Å². The standard InChI is InChI=1S/C20H18ClNO3/c21-17-9-5-4-6-14(17)10-13-18(23)25-19(15-7-2-1-3-8-15)20(24)22-16-11-12-16/h1-10,13,16,19H,11-12H2,(H,22,24)/b13-10+/t19-/m0/s1. The van der Waals surface area contributed by atoms with Gasteiger partial charge in [-0.15, -0.1) is 0 Å². The summed E-state index contributed by atoms with van der Waals surface area (Å²) in [6.07, 6.45) is 3.82. The lowest BCUT2D eigenvalue weighted by atomic mass is 10.1. The number of carbonyl (C=O) groups excluding carboxylic acids is 2. The minimum absolute atomic E-state index is 0.191. The van der Waals surface area contributed by atoms with E-state index in [0.717, 1.165) is 12.8 Å². The van der Waals surface area contributed by atoms with Crippen LogP contribution in [0.2, 0.25) is 5.02 Å². The van der Waals surface area contributed by atoms with Gasteiger partial charge in [-0.3, -0.25) is 4.79 Å². The lowest BCUT2D eigenvalue weighted by Gasteiger charge is -2.17. The van der Waals surface area contributed by atoms with E-state index in [0.29, 0.717) is 16.1 Å². The van der Waals surface area contributed by atoms with Gasteiger partial charge < -0.3 is 10.1 Å². The quantitative estimate of drug-likeness (QED) is 0.631. The summed E-state index contributed by atoms with van der Waals surface area (Å²) < 4.78 is 5.41. The fraction of sp³-hybridized carbons (Fsp3) is 0.200. The Morgan fingerprint density at radius 1 is 1.08 bits per heavy atom. The summed E-state index contributed by atoms with van der Waals surface area (Å²) in [4.78, 5) is 24.6. The number of carbonyl (C=O) groups is 2. The Morgan fingerprint density at radius 2 is 1.76 bits per heavy atom. The molecule has 0 unspecified atom stereocenters. The second kappa shape index (κ2) is 7.99. The topological polar surface area (TPSA) is 55.4 Å². The molecule has 1 aliphatic carbocycles. The molecule has 0 aromatic heterocycles. The van der Waals surface area contributed by atoms with Crippen molar-refractivity contribution < 1.29 is 14.3 Å². The fourth-order valence-electron chi connectivity index (χ4n) is 2.33. The van der Waals surface area contributed by atoms with Gasteiger partial charge in [0.05, 0.1) is 0 Å². The van der Waals surface area contributed by atoms with E-state index in [-0.39, 0.29) is 11.9 Å². The molecule has 25 heavy (non-hydrogen) atoms. The third-order valence-electron chi connectivity index (χ3n) is 3.80. The molecule has 3 rings (SSSR count). The summed E-state index contributed by atoms with van der Waals surface area (Å²) in [5.74, 6) is -0.895. The van der Waals surface area contributed by atoms with Crippen LogP contribution in [-0.4, -0.2) is 17.9 Å². The van der Waals surface area contributed by atoms with E-state index < -0.39 is 12.1 Å². The monoisotopic (exact) mass is 355 g/mol. The number of halogens is 1. The largest absolute Gasteiger partial charge is 0.444 e. The maximum Gasteiger partial charge on any atom is 0.331 e. The summed E-state index contributed by atoms with van der Waals surface area (Å²) in [6, 6.07) is 16.3.